The summed E-state index contributed by atoms with van der Waals surface area (Å²) in [5.74, 6) is 0.709. The maximum atomic E-state index is 11.6. The van der Waals surface area contributed by atoms with E-state index in [9.17, 15) is 4.79 Å². The molecule has 0 unspecified atom stereocenters. The summed E-state index contributed by atoms with van der Waals surface area (Å²) in [7, 11) is 1.61. The number of nitrogens with one attached hydrogen (secondary N) is 1. The minimum atomic E-state index is 0.559. The average Bonchev–Trinajstić information content (AvgIpc) is 2.91. The normalized spacial score (nSPS) is 10.8. The SMILES string of the molecule is COc1ccccc1-c1[nH]c2c(C)ccc(Cl)c2c1C=O. The Balaban J connectivity index is 2.41. The van der Waals surface area contributed by atoms with Gasteiger partial charge >= 0.3 is 0 Å². The number of aldehydes is 1. The van der Waals surface area contributed by atoms with E-state index >= 15 is 0 Å². The van der Waals surface area contributed by atoms with Crippen molar-refractivity contribution in [1.82, 2.24) is 4.98 Å². The molecule has 3 nitrogen and oxygen atoms in total. The predicted octanol–water partition coefficient (Wildman–Crippen LogP) is 4.62. The molecule has 2 aromatic carbocycles. The molecule has 0 aliphatic carbocycles. The van der Waals surface area contributed by atoms with Gasteiger partial charge in [-0.1, -0.05) is 29.8 Å². The van der Waals surface area contributed by atoms with E-state index in [-0.39, 0.29) is 0 Å². The highest BCUT2D eigenvalue weighted by atomic mass is 35.5. The number of carbonyl (C=O) groups excluding carboxylic acids is 1. The molecule has 4 heteroatoms. The maximum absolute atomic E-state index is 11.6. The lowest BCUT2D eigenvalue weighted by Gasteiger charge is -2.07. The summed E-state index contributed by atoms with van der Waals surface area (Å²) >= 11 is 6.28. The molecular formula is C17H14ClNO2. The number of aromatic nitrogens is 1. The summed E-state index contributed by atoms with van der Waals surface area (Å²) in [6, 6.07) is 11.3. The van der Waals surface area contributed by atoms with E-state index < -0.39 is 0 Å². The topological polar surface area (TPSA) is 42.1 Å². The first-order chi connectivity index (χ1) is 10.2. The second kappa shape index (κ2) is 5.26. The second-order valence-electron chi connectivity index (χ2n) is 4.85. The molecule has 106 valence electrons. The van der Waals surface area contributed by atoms with Crippen molar-refractivity contribution < 1.29 is 9.53 Å². The molecule has 0 aliphatic heterocycles. The summed E-state index contributed by atoms with van der Waals surface area (Å²) in [5, 5.41) is 1.32. The van der Waals surface area contributed by atoms with Gasteiger partial charge in [-0.2, -0.15) is 0 Å². The van der Waals surface area contributed by atoms with Crippen LogP contribution in [0.2, 0.25) is 5.02 Å². The average molecular weight is 300 g/mol. The number of aromatic amines is 1. The number of halogens is 1. The lowest BCUT2D eigenvalue weighted by Crippen LogP contribution is -1.90. The Kier molecular flexibility index (Phi) is 3.43. The monoisotopic (exact) mass is 299 g/mol. The number of fused-ring (bicyclic) bond motifs is 1. The van der Waals surface area contributed by atoms with E-state index in [2.05, 4.69) is 4.98 Å². The number of hydrogen-bond acceptors (Lipinski definition) is 2. The highest BCUT2D eigenvalue weighted by Crippen LogP contribution is 2.38. The molecular weight excluding hydrogens is 286 g/mol. The molecule has 0 bridgehead atoms. The third kappa shape index (κ3) is 2.10. The summed E-state index contributed by atoms with van der Waals surface area (Å²) in [4.78, 5) is 14.9. The number of ether oxygens (including phenoxy) is 1. The van der Waals surface area contributed by atoms with Crippen molar-refractivity contribution >= 4 is 28.8 Å². The van der Waals surface area contributed by atoms with Crippen LogP contribution >= 0.6 is 11.6 Å². The number of rotatable bonds is 3. The lowest BCUT2D eigenvalue weighted by molar-refractivity contribution is 0.112. The molecule has 0 fully saturated rings. The standard InChI is InChI=1S/C17H14ClNO2/c1-10-7-8-13(18)15-12(9-20)17(19-16(10)15)11-5-3-4-6-14(11)21-2/h3-9,19H,1-2H3. The Bertz CT molecular complexity index is 836. The van der Waals surface area contributed by atoms with Crippen LogP contribution in [0, 0.1) is 6.92 Å². The van der Waals surface area contributed by atoms with E-state index in [4.69, 9.17) is 16.3 Å². The third-order valence-corrected chi connectivity index (χ3v) is 3.96. The molecule has 0 spiro atoms. The molecule has 21 heavy (non-hydrogen) atoms. The lowest BCUT2D eigenvalue weighted by atomic mass is 10.0. The van der Waals surface area contributed by atoms with Crippen molar-refractivity contribution in [3.05, 3.63) is 52.5 Å². The molecule has 0 aliphatic rings. The van der Waals surface area contributed by atoms with Crippen molar-refractivity contribution in [2.45, 2.75) is 6.92 Å². The van der Waals surface area contributed by atoms with Gasteiger partial charge in [0.1, 0.15) is 5.75 Å². The number of benzene rings is 2. The van der Waals surface area contributed by atoms with Crippen molar-refractivity contribution in [3.63, 3.8) is 0 Å². The number of carbonyl (C=O) groups is 1. The molecule has 1 heterocycles. The van der Waals surface area contributed by atoms with Gasteiger partial charge in [0.2, 0.25) is 0 Å². The van der Waals surface area contributed by atoms with Gasteiger partial charge in [-0.3, -0.25) is 4.79 Å². The van der Waals surface area contributed by atoms with Gasteiger partial charge in [0.05, 0.1) is 23.3 Å². The highest BCUT2D eigenvalue weighted by Gasteiger charge is 2.18. The molecule has 0 saturated carbocycles. The Morgan fingerprint density at radius 1 is 1.19 bits per heavy atom. The fourth-order valence-electron chi connectivity index (χ4n) is 2.60. The van der Waals surface area contributed by atoms with Crippen LogP contribution in [0.4, 0.5) is 0 Å². The van der Waals surface area contributed by atoms with Crippen molar-refractivity contribution in [3.8, 4) is 17.0 Å². The Hall–Kier alpha value is -2.26. The van der Waals surface area contributed by atoms with Crippen LogP contribution in [0.3, 0.4) is 0 Å². The minimum absolute atomic E-state index is 0.559. The zero-order chi connectivity index (χ0) is 15.0. The zero-order valence-corrected chi connectivity index (χ0v) is 12.5. The summed E-state index contributed by atoms with van der Waals surface area (Å²) in [6.45, 7) is 1.98. The Morgan fingerprint density at radius 2 is 1.95 bits per heavy atom. The van der Waals surface area contributed by atoms with Gasteiger partial charge in [0.25, 0.3) is 0 Å². The second-order valence-corrected chi connectivity index (χ2v) is 5.25. The molecule has 0 radical (unpaired) electrons. The molecule has 3 rings (SSSR count). The Labute approximate surface area is 127 Å². The molecule has 0 atom stereocenters. The highest BCUT2D eigenvalue weighted by molar-refractivity contribution is 6.37. The smallest absolute Gasteiger partial charge is 0.152 e. The van der Waals surface area contributed by atoms with Gasteiger partial charge in [-0.25, -0.2) is 0 Å². The predicted molar refractivity (Wildman–Crippen MR) is 85.4 cm³/mol. The van der Waals surface area contributed by atoms with E-state index in [1.807, 2.05) is 43.3 Å². The third-order valence-electron chi connectivity index (χ3n) is 3.65. The van der Waals surface area contributed by atoms with Crippen LogP contribution in [-0.4, -0.2) is 18.4 Å². The molecule has 0 amide bonds. The van der Waals surface area contributed by atoms with Gasteiger partial charge in [-0.05, 0) is 30.7 Å². The van der Waals surface area contributed by atoms with E-state index in [1.165, 1.54) is 0 Å². The summed E-state index contributed by atoms with van der Waals surface area (Å²) < 4.78 is 5.39. The molecule has 3 aromatic rings. The van der Waals surface area contributed by atoms with Crippen LogP contribution in [-0.2, 0) is 0 Å². The number of para-hydroxylation sites is 1. The molecule has 1 aromatic heterocycles. The van der Waals surface area contributed by atoms with Crippen LogP contribution in [0.15, 0.2) is 36.4 Å². The van der Waals surface area contributed by atoms with Crippen LogP contribution in [0.5, 0.6) is 5.75 Å². The summed E-state index contributed by atoms with van der Waals surface area (Å²) in [6.07, 6.45) is 0.839. The van der Waals surface area contributed by atoms with Crippen LogP contribution in [0.25, 0.3) is 22.2 Å². The minimum Gasteiger partial charge on any atom is -0.496 e. The largest absolute Gasteiger partial charge is 0.496 e. The summed E-state index contributed by atoms with van der Waals surface area (Å²) in [5.41, 5.74) is 4.05. The number of methoxy groups -OCH3 is 1. The molecule has 1 N–H and O–H groups in total. The number of H-pyrrole nitrogens is 1. The quantitative estimate of drug-likeness (QED) is 0.717. The Morgan fingerprint density at radius 3 is 2.67 bits per heavy atom. The fraction of sp³-hybridized carbons (Fsp3) is 0.118. The van der Waals surface area contributed by atoms with Gasteiger partial charge in [0, 0.05) is 16.5 Å². The van der Waals surface area contributed by atoms with Gasteiger partial charge in [-0.15, -0.1) is 0 Å². The van der Waals surface area contributed by atoms with E-state index in [1.54, 1.807) is 7.11 Å². The fourth-order valence-corrected chi connectivity index (χ4v) is 2.86. The molecule has 0 saturated heterocycles. The van der Waals surface area contributed by atoms with Crippen molar-refractivity contribution in [2.24, 2.45) is 0 Å². The van der Waals surface area contributed by atoms with Crippen molar-refractivity contribution in [1.29, 1.82) is 0 Å². The first-order valence-electron chi connectivity index (χ1n) is 6.56. The first-order valence-corrected chi connectivity index (χ1v) is 6.94. The van der Waals surface area contributed by atoms with E-state index in [0.717, 1.165) is 34.0 Å². The van der Waals surface area contributed by atoms with E-state index in [0.29, 0.717) is 16.3 Å². The zero-order valence-electron chi connectivity index (χ0n) is 11.7. The van der Waals surface area contributed by atoms with Crippen LogP contribution in [0.1, 0.15) is 15.9 Å². The maximum Gasteiger partial charge on any atom is 0.152 e. The van der Waals surface area contributed by atoms with Crippen LogP contribution < -0.4 is 4.74 Å². The number of hydrogen-bond donors (Lipinski definition) is 1. The van der Waals surface area contributed by atoms with Gasteiger partial charge in [0.15, 0.2) is 6.29 Å². The first kappa shape index (κ1) is 13.7. The number of aryl methyl sites for hydroxylation is 1. The van der Waals surface area contributed by atoms with Gasteiger partial charge < -0.3 is 9.72 Å². The van der Waals surface area contributed by atoms with Crippen molar-refractivity contribution in [2.75, 3.05) is 7.11 Å².